The quantitative estimate of drug-likeness (QED) is 0.461. The number of para-hydroxylation sites is 2. The number of anilines is 1. The van der Waals surface area contributed by atoms with Gasteiger partial charge in [-0.1, -0.05) is 12.1 Å². The monoisotopic (exact) mass is 385 g/mol. The van der Waals surface area contributed by atoms with Gasteiger partial charge in [0.1, 0.15) is 11.9 Å². The summed E-state index contributed by atoms with van der Waals surface area (Å²) in [7, 11) is 0. The van der Waals surface area contributed by atoms with E-state index in [9.17, 15) is 19.5 Å². The number of aromatic hydroxyl groups is 1. The first-order valence-corrected chi connectivity index (χ1v) is 8.58. The van der Waals surface area contributed by atoms with Crippen molar-refractivity contribution in [1.82, 2.24) is 0 Å². The number of nitrogens with one attached hydrogen (secondary N) is 1. The normalized spacial score (nSPS) is 17.5. The third kappa shape index (κ3) is 4.22. The Morgan fingerprint density at radius 2 is 1.79 bits per heavy atom. The molecule has 146 valence electrons. The molecule has 1 amide bonds. The number of phenols is 1. The molecule has 1 heterocycles. The molecule has 0 aliphatic carbocycles. The van der Waals surface area contributed by atoms with Gasteiger partial charge in [-0.05, 0) is 37.3 Å². The fraction of sp³-hybridized carbons (Fsp3) is 0.250. The first-order valence-electron chi connectivity index (χ1n) is 8.58. The average Bonchev–Trinajstić information content (AvgIpc) is 2.66. The van der Waals surface area contributed by atoms with Gasteiger partial charge in [0.05, 0.1) is 5.69 Å². The molecule has 2 atom stereocenters. The van der Waals surface area contributed by atoms with E-state index in [0.29, 0.717) is 11.5 Å². The zero-order valence-corrected chi connectivity index (χ0v) is 15.3. The second-order valence-corrected chi connectivity index (χ2v) is 6.25. The minimum absolute atomic E-state index is 0.0962. The molecule has 0 fully saturated rings. The summed E-state index contributed by atoms with van der Waals surface area (Å²) in [5.74, 6) is -0.836. The van der Waals surface area contributed by atoms with Gasteiger partial charge < -0.3 is 24.6 Å². The average molecular weight is 385 g/mol. The predicted molar refractivity (Wildman–Crippen MR) is 98.6 cm³/mol. The Bertz CT molecular complexity index is 925. The van der Waals surface area contributed by atoms with Crippen molar-refractivity contribution in [2.24, 2.45) is 0 Å². The second-order valence-electron chi connectivity index (χ2n) is 6.25. The molecule has 2 aromatic carbocycles. The van der Waals surface area contributed by atoms with E-state index in [1.165, 1.54) is 25.1 Å². The molecule has 0 aromatic heterocycles. The van der Waals surface area contributed by atoms with Crippen molar-refractivity contribution in [2.75, 3.05) is 11.9 Å². The van der Waals surface area contributed by atoms with E-state index in [4.69, 9.17) is 14.2 Å². The number of ether oxygens (including phenoxy) is 3. The van der Waals surface area contributed by atoms with E-state index in [-0.39, 0.29) is 17.0 Å². The molecule has 8 heteroatoms. The molecule has 0 saturated carbocycles. The van der Waals surface area contributed by atoms with Gasteiger partial charge in [-0.3, -0.25) is 9.59 Å². The zero-order valence-electron chi connectivity index (χ0n) is 15.3. The summed E-state index contributed by atoms with van der Waals surface area (Å²) < 4.78 is 16.4. The van der Waals surface area contributed by atoms with Crippen molar-refractivity contribution in [1.29, 1.82) is 0 Å². The van der Waals surface area contributed by atoms with Gasteiger partial charge in [-0.2, -0.15) is 0 Å². The Hall–Kier alpha value is -3.55. The van der Waals surface area contributed by atoms with Crippen molar-refractivity contribution in [3.05, 3.63) is 48.0 Å². The van der Waals surface area contributed by atoms with Crippen molar-refractivity contribution in [2.45, 2.75) is 26.1 Å². The smallest absolute Gasteiger partial charge is 0.351 e. The van der Waals surface area contributed by atoms with Gasteiger partial charge in [0, 0.05) is 12.5 Å². The number of amides is 1. The van der Waals surface area contributed by atoms with Crippen LogP contribution in [0.3, 0.4) is 0 Å². The van der Waals surface area contributed by atoms with E-state index in [1.54, 1.807) is 31.2 Å². The standard InChI is InChI=1S/C20H19NO7/c1-11-19(28-18-6-4-3-5-17(18)27-11)20(25)26-10-16(24)13-7-8-15(23)14(9-13)21-12(2)22/h3-9,11,19,23H,10H2,1-2H3,(H,21,22)/t11-,19+/m1/s1. The molecule has 0 spiro atoms. The lowest BCUT2D eigenvalue weighted by molar-refractivity contribution is -0.156. The van der Waals surface area contributed by atoms with Crippen molar-refractivity contribution >= 4 is 23.3 Å². The maximum Gasteiger partial charge on any atom is 0.351 e. The van der Waals surface area contributed by atoms with Gasteiger partial charge in [-0.25, -0.2) is 4.79 Å². The lowest BCUT2D eigenvalue weighted by atomic mass is 10.1. The molecule has 2 N–H and O–H groups in total. The summed E-state index contributed by atoms with van der Waals surface area (Å²) in [6.07, 6.45) is -1.59. The number of hydrogen-bond acceptors (Lipinski definition) is 7. The third-order valence-electron chi connectivity index (χ3n) is 4.05. The maximum atomic E-state index is 12.3. The van der Waals surface area contributed by atoms with Gasteiger partial charge in [-0.15, -0.1) is 0 Å². The Kier molecular flexibility index (Phi) is 5.49. The lowest BCUT2D eigenvalue weighted by Crippen LogP contribution is -2.44. The summed E-state index contributed by atoms with van der Waals surface area (Å²) in [6, 6.07) is 10.9. The number of rotatable bonds is 5. The van der Waals surface area contributed by atoms with Gasteiger partial charge >= 0.3 is 5.97 Å². The number of Topliss-reactive ketones (excluding diaryl/α,β-unsaturated/α-hetero) is 1. The molecule has 0 bridgehead atoms. The summed E-state index contributed by atoms with van der Waals surface area (Å²) >= 11 is 0. The molecule has 28 heavy (non-hydrogen) atoms. The second kappa shape index (κ2) is 7.99. The van der Waals surface area contributed by atoms with Gasteiger partial charge in [0.15, 0.2) is 23.9 Å². The van der Waals surface area contributed by atoms with Crippen molar-refractivity contribution in [3.8, 4) is 17.2 Å². The lowest BCUT2D eigenvalue weighted by Gasteiger charge is -2.30. The summed E-state index contributed by atoms with van der Waals surface area (Å²) in [5, 5.41) is 12.1. The highest BCUT2D eigenvalue weighted by atomic mass is 16.6. The number of phenolic OH excluding ortho intramolecular Hbond substituents is 1. The Morgan fingerprint density at radius 3 is 2.46 bits per heavy atom. The molecule has 1 aliphatic rings. The van der Waals surface area contributed by atoms with Crippen LogP contribution in [0.1, 0.15) is 24.2 Å². The SMILES string of the molecule is CC(=O)Nc1cc(C(=O)COC(=O)[C@H]2Oc3ccccc3O[C@@H]2C)ccc1O. The predicted octanol–water partition coefficient (Wildman–Crippen LogP) is 2.31. The van der Waals surface area contributed by atoms with Crippen LogP contribution in [0.2, 0.25) is 0 Å². The highest BCUT2D eigenvalue weighted by molar-refractivity contribution is 6.00. The molecule has 3 rings (SSSR count). The number of carbonyl (C=O) groups excluding carboxylic acids is 3. The maximum absolute atomic E-state index is 12.3. The van der Waals surface area contributed by atoms with E-state index in [1.807, 2.05) is 0 Å². The van der Waals surface area contributed by atoms with Crippen LogP contribution in [0.25, 0.3) is 0 Å². The number of esters is 1. The van der Waals surface area contributed by atoms with E-state index >= 15 is 0 Å². The molecule has 8 nitrogen and oxygen atoms in total. The topological polar surface area (TPSA) is 111 Å². The fourth-order valence-electron chi connectivity index (χ4n) is 2.68. The fourth-order valence-corrected chi connectivity index (χ4v) is 2.68. The van der Waals surface area contributed by atoms with Gasteiger partial charge in [0.25, 0.3) is 0 Å². The molecule has 2 aromatic rings. The zero-order chi connectivity index (χ0) is 20.3. The number of carbonyl (C=O) groups is 3. The Labute approximate surface area is 161 Å². The Balaban J connectivity index is 1.63. The number of benzene rings is 2. The van der Waals surface area contributed by atoms with Crippen LogP contribution < -0.4 is 14.8 Å². The number of hydrogen-bond donors (Lipinski definition) is 2. The molecule has 0 saturated heterocycles. The molecular formula is C20H19NO7. The Morgan fingerprint density at radius 1 is 1.11 bits per heavy atom. The molecular weight excluding hydrogens is 366 g/mol. The van der Waals surface area contributed by atoms with Crippen LogP contribution in [0.15, 0.2) is 42.5 Å². The van der Waals surface area contributed by atoms with Crippen molar-refractivity contribution < 1.29 is 33.7 Å². The van der Waals surface area contributed by atoms with E-state index < -0.39 is 36.5 Å². The molecule has 0 unspecified atom stereocenters. The van der Waals surface area contributed by atoms with Crippen LogP contribution in [0, 0.1) is 0 Å². The first kappa shape index (κ1) is 19.2. The van der Waals surface area contributed by atoms with Crippen LogP contribution in [0.4, 0.5) is 5.69 Å². The van der Waals surface area contributed by atoms with Gasteiger partial charge in [0.2, 0.25) is 12.0 Å². The summed E-state index contributed by atoms with van der Waals surface area (Å²) in [4.78, 5) is 35.8. The number of fused-ring (bicyclic) bond motifs is 1. The van der Waals surface area contributed by atoms with E-state index in [2.05, 4.69) is 5.32 Å². The first-order chi connectivity index (χ1) is 13.3. The van der Waals surface area contributed by atoms with Crippen LogP contribution in [0.5, 0.6) is 17.2 Å². The minimum Gasteiger partial charge on any atom is -0.506 e. The minimum atomic E-state index is -1.00. The molecule has 0 radical (unpaired) electrons. The highest BCUT2D eigenvalue weighted by Crippen LogP contribution is 2.33. The summed E-state index contributed by atoms with van der Waals surface area (Å²) in [5.41, 5.74) is 0.271. The highest BCUT2D eigenvalue weighted by Gasteiger charge is 2.35. The number of ketones is 1. The van der Waals surface area contributed by atoms with Crippen LogP contribution >= 0.6 is 0 Å². The van der Waals surface area contributed by atoms with Crippen LogP contribution in [-0.4, -0.2) is 41.6 Å². The van der Waals surface area contributed by atoms with E-state index in [0.717, 1.165) is 0 Å². The third-order valence-corrected chi connectivity index (χ3v) is 4.05. The molecule has 1 aliphatic heterocycles. The van der Waals surface area contributed by atoms with Crippen LogP contribution in [-0.2, 0) is 14.3 Å². The largest absolute Gasteiger partial charge is 0.506 e. The van der Waals surface area contributed by atoms with Crippen molar-refractivity contribution in [3.63, 3.8) is 0 Å². The summed E-state index contributed by atoms with van der Waals surface area (Å²) in [6.45, 7) is 2.43.